The number of anilines is 1. The van der Waals surface area contributed by atoms with Crippen LogP contribution < -0.4 is 15.5 Å². The molecule has 4 rings (SSSR count). The van der Waals surface area contributed by atoms with Crippen LogP contribution >= 0.6 is 0 Å². The summed E-state index contributed by atoms with van der Waals surface area (Å²) in [5.41, 5.74) is 1.79. The van der Waals surface area contributed by atoms with E-state index in [1.165, 1.54) is 12.5 Å². The maximum atomic E-state index is 12.6. The Hall–Kier alpha value is -3.08. The Balaban J connectivity index is 1.60. The lowest BCUT2D eigenvalue weighted by Crippen LogP contribution is -2.24. The Labute approximate surface area is 163 Å². The van der Waals surface area contributed by atoms with Crippen molar-refractivity contribution >= 4 is 22.6 Å². The Morgan fingerprint density at radius 3 is 2.50 bits per heavy atom. The first-order valence-electron chi connectivity index (χ1n) is 9.67. The third-order valence-corrected chi connectivity index (χ3v) is 5.35. The van der Waals surface area contributed by atoms with E-state index in [0.29, 0.717) is 22.4 Å². The van der Waals surface area contributed by atoms with Crippen LogP contribution in [0.4, 0.5) is 5.69 Å². The molecule has 0 atom stereocenters. The number of nitrogens with one attached hydrogen (secondary N) is 1. The van der Waals surface area contributed by atoms with Crippen molar-refractivity contribution in [2.24, 2.45) is 5.92 Å². The molecule has 5 nitrogen and oxygen atoms in total. The Bertz CT molecular complexity index is 1050. The lowest BCUT2D eigenvalue weighted by molar-refractivity contribution is -0.120. The summed E-state index contributed by atoms with van der Waals surface area (Å²) in [6.07, 6.45) is 5.29. The normalized spacial score (nSPS) is 14.8. The van der Waals surface area contributed by atoms with Crippen molar-refractivity contribution in [1.29, 1.82) is 0 Å². The third-order valence-electron chi connectivity index (χ3n) is 5.35. The van der Waals surface area contributed by atoms with Gasteiger partial charge in [0.05, 0.1) is 12.5 Å². The monoisotopic (exact) mass is 377 g/mol. The van der Waals surface area contributed by atoms with E-state index in [1.54, 1.807) is 25.3 Å². The second-order valence-corrected chi connectivity index (χ2v) is 7.24. The summed E-state index contributed by atoms with van der Waals surface area (Å²) in [5.74, 6) is 1.35. The van der Waals surface area contributed by atoms with Crippen molar-refractivity contribution in [2.75, 3.05) is 12.4 Å². The lowest BCUT2D eigenvalue weighted by Gasteiger charge is -2.20. The van der Waals surface area contributed by atoms with Crippen molar-refractivity contribution in [3.63, 3.8) is 0 Å². The zero-order valence-corrected chi connectivity index (χ0v) is 15.9. The van der Waals surface area contributed by atoms with E-state index in [-0.39, 0.29) is 17.3 Å². The molecule has 0 unspecified atom stereocenters. The maximum absolute atomic E-state index is 12.6. The molecule has 1 heterocycles. The number of rotatable bonds is 4. The molecule has 1 N–H and O–H groups in total. The van der Waals surface area contributed by atoms with Gasteiger partial charge in [-0.3, -0.25) is 9.59 Å². The van der Waals surface area contributed by atoms with Crippen LogP contribution in [-0.2, 0) is 4.79 Å². The van der Waals surface area contributed by atoms with Gasteiger partial charge in [0.2, 0.25) is 5.91 Å². The molecule has 0 bridgehead atoms. The summed E-state index contributed by atoms with van der Waals surface area (Å²) >= 11 is 0. The second-order valence-electron chi connectivity index (χ2n) is 7.24. The van der Waals surface area contributed by atoms with Crippen LogP contribution in [-0.4, -0.2) is 13.0 Å². The molecule has 1 amide bonds. The quantitative estimate of drug-likeness (QED) is 0.696. The molecule has 2 aromatic carbocycles. The number of hydrogen-bond acceptors (Lipinski definition) is 4. The molecule has 1 aromatic heterocycles. The van der Waals surface area contributed by atoms with Crippen LogP contribution in [0.15, 0.2) is 57.7 Å². The summed E-state index contributed by atoms with van der Waals surface area (Å²) in [5, 5.41) is 3.41. The van der Waals surface area contributed by atoms with Crippen molar-refractivity contribution in [1.82, 2.24) is 0 Å². The van der Waals surface area contributed by atoms with E-state index >= 15 is 0 Å². The zero-order chi connectivity index (χ0) is 19.5. The molecule has 1 saturated carbocycles. The van der Waals surface area contributed by atoms with Crippen LogP contribution in [0.5, 0.6) is 5.75 Å². The Morgan fingerprint density at radius 2 is 1.79 bits per heavy atom. The summed E-state index contributed by atoms with van der Waals surface area (Å²) in [7, 11) is 1.61. The van der Waals surface area contributed by atoms with E-state index in [0.717, 1.165) is 37.0 Å². The standard InChI is InChI=1S/C23H23NO4/c1-27-18-10-7-15(8-11-18)22-14-20(25)19-13-17(9-12-21(19)28-22)24-23(26)16-5-3-2-4-6-16/h7-14,16H,2-6H2,1H3,(H,24,26). The van der Waals surface area contributed by atoms with Gasteiger partial charge in [-0.1, -0.05) is 19.3 Å². The molecule has 1 aliphatic rings. The minimum Gasteiger partial charge on any atom is -0.497 e. The number of methoxy groups -OCH3 is 1. The first-order chi connectivity index (χ1) is 13.6. The average molecular weight is 377 g/mol. The smallest absolute Gasteiger partial charge is 0.227 e. The topological polar surface area (TPSA) is 68.5 Å². The number of amides is 1. The first-order valence-corrected chi connectivity index (χ1v) is 9.67. The lowest BCUT2D eigenvalue weighted by atomic mass is 9.88. The van der Waals surface area contributed by atoms with Gasteiger partial charge in [-0.25, -0.2) is 0 Å². The second kappa shape index (κ2) is 7.89. The van der Waals surface area contributed by atoms with Crippen molar-refractivity contribution in [3.05, 3.63) is 58.8 Å². The highest BCUT2D eigenvalue weighted by molar-refractivity contribution is 5.94. The molecule has 0 spiro atoms. The van der Waals surface area contributed by atoms with Gasteiger partial charge in [0.1, 0.15) is 17.1 Å². The number of carbonyl (C=O) groups excluding carboxylic acids is 1. The minimum absolute atomic E-state index is 0.0401. The van der Waals surface area contributed by atoms with E-state index in [1.807, 2.05) is 24.3 Å². The van der Waals surface area contributed by atoms with Crippen LogP contribution in [0.1, 0.15) is 32.1 Å². The Morgan fingerprint density at radius 1 is 1.04 bits per heavy atom. The van der Waals surface area contributed by atoms with Crippen LogP contribution in [0.2, 0.25) is 0 Å². The van der Waals surface area contributed by atoms with E-state index in [9.17, 15) is 9.59 Å². The van der Waals surface area contributed by atoms with Crippen molar-refractivity contribution in [3.8, 4) is 17.1 Å². The van der Waals surface area contributed by atoms with Crippen molar-refractivity contribution in [2.45, 2.75) is 32.1 Å². The van der Waals surface area contributed by atoms with Gasteiger partial charge in [-0.15, -0.1) is 0 Å². The average Bonchev–Trinajstić information content (AvgIpc) is 2.74. The van der Waals surface area contributed by atoms with Gasteiger partial charge < -0.3 is 14.5 Å². The molecule has 5 heteroatoms. The molecular formula is C23H23NO4. The van der Waals surface area contributed by atoms with Gasteiger partial charge in [-0.2, -0.15) is 0 Å². The predicted molar refractivity (Wildman–Crippen MR) is 110 cm³/mol. The van der Waals surface area contributed by atoms with Crippen LogP contribution in [0.3, 0.4) is 0 Å². The Kier molecular flexibility index (Phi) is 5.15. The van der Waals surface area contributed by atoms with E-state index in [2.05, 4.69) is 5.32 Å². The number of hydrogen-bond donors (Lipinski definition) is 1. The highest BCUT2D eigenvalue weighted by atomic mass is 16.5. The van der Waals surface area contributed by atoms with Crippen LogP contribution in [0.25, 0.3) is 22.3 Å². The third kappa shape index (κ3) is 3.79. The predicted octanol–water partition coefficient (Wildman–Crippen LogP) is 4.99. The summed E-state index contributed by atoms with van der Waals surface area (Å²) in [6, 6.07) is 14.0. The molecule has 0 radical (unpaired) electrons. The largest absolute Gasteiger partial charge is 0.497 e. The summed E-state index contributed by atoms with van der Waals surface area (Å²) < 4.78 is 11.1. The molecular weight excluding hydrogens is 354 g/mol. The molecule has 1 fully saturated rings. The molecule has 28 heavy (non-hydrogen) atoms. The number of carbonyl (C=O) groups is 1. The van der Waals surface area contributed by atoms with Gasteiger partial charge in [0.25, 0.3) is 0 Å². The number of ether oxygens (including phenoxy) is 1. The summed E-state index contributed by atoms with van der Waals surface area (Å²) in [6.45, 7) is 0. The van der Waals surface area contributed by atoms with E-state index in [4.69, 9.17) is 9.15 Å². The summed E-state index contributed by atoms with van der Waals surface area (Å²) in [4.78, 5) is 25.1. The maximum Gasteiger partial charge on any atom is 0.227 e. The van der Waals surface area contributed by atoms with E-state index < -0.39 is 0 Å². The highest BCUT2D eigenvalue weighted by Gasteiger charge is 2.21. The fourth-order valence-corrected chi connectivity index (χ4v) is 3.74. The SMILES string of the molecule is COc1ccc(-c2cc(=O)c3cc(NC(=O)C4CCCCC4)ccc3o2)cc1. The zero-order valence-electron chi connectivity index (χ0n) is 15.9. The van der Waals surface area contributed by atoms with Gasteiger partial charge in [-0.05, 0) is 55.3 Å². The molecule has 0 saturated heterocycles. The number of benzene rings is 2. The minimum atomic E-state index is -0.138. The molecule has 144 valence electrons. The van der Waals surface area contributed by atoms with Gasteiger partial charge in [0, 0.05) is 23.2 Å². The number of fused-ring (bicyclic) bond motifs is 1. The highest BCUT2D eigenvalue weighted by Crippen LogP contribution is 2.27. The fourth-order valence-electron chi connectivity index (χ4n) is 3.74. The molecule has 1 aliphatic carbocycles. The van der Waals surface area contributed by atoms with Gasteiger partial charge >= 0.3 is 0 Å². The van der Waals surface area contributed by atoms with Crippen LogP contribution in [0, 0.1) is 5.92 Å². The molecule has 3 aromatic rings. The first kappa shape index (κ1) is 18.3. The molecule has 0 aliphatic heterocycles. The van der Waals surface area contributed by atoms with Gasteiger partial charge in [0.15, 0.2) is 5.43 Å². The fraction of sp³-hybridized carbons (Fsp3) is 0.304. The van der Waals surface area contributed by atoms with Crippen molar-refractivity contribution < 1.29 is 13.9 Å².